The van der Waals surface area contributed by atoms with Crippen LogP contribution in [0.1, 0.15) is 23.0 Å². The third-order valence-electron chi connectivity index (χ3n) is 3.67. The van der Waals surface area contributed by atoms with Crippen molar-refractivity contribution in [3.63, 3.8) is 0 Å². The van der Waals surface area contributed by atoms with Crippen molar-refractivity contribution in [2.75, 3.05) is 18.6 Å². The fourth-order valence-corrected chi connectivity index (χ4v) is 2.71. The van der Waals surface area contributed by atoms with E-state index >= 15 is 0 Å². The van der Waals surface area contributed by atoms with Crippen molar-refractivity contribution in [1.82, 2.24) is 9.97 Å². The van der Waals surface area contributed by atoms with Crippen LogP contribution >= 0.6 is 0 Å². The number of carbonyl (C=O) groups is 1. The Kier molecular flexibility index (Phi) is 3.56. The van der Waals surface area contributed by atoms with Crippen LogP contribution in [0, 0.1) is 5.92 Å². The summed E-state index contributed by atoms with van der Waals surface area (Å²) in [6.45, 7) is 2.83. The van der Waals surface area contributed by atoms with Gasteiger partial charge in [0.05, 0.1) is 13.3 Å². The topological polar surface area (TPSA) is 55.3 Å². The van der Waals surface area contributed by atoms with Crippen LogP contribution in [0.5, 0.6) is 5.75 Å². The number of rotatable bonds is 2. The van der Waals surface area contributed by atoms with Crippen molar-refractivity contribution in [3.05, 3.63) is 48.0 Å². The summed E-state index contributed by atoms with van der Waals surface area (Å²) >= 11 is 0. The van der Waals surface area contributed by atoms with Crippen LogP contribution in [-0.2, 0) is 6.42 Å². The number of nitrogens with zero attached hydrogens (tertiary/aromatic N) is 3. The monoisotopic (exact) mass is 283 g/mol. The molecule has 2 aromatic rings. The van der Waals surface area contributed by atoms with Crippen LogP contribution in [0.25, 0.3) is 0 Å². The maximum atomic E-state index is 12.7. The van der Waals surface area contributed by atoms with E-state index in [1.54, 1.807) is 18.2 Å². The lowest BCUT2D eigenvalue weighted by Crippen LogP contribution is -2.39. The largest absolute Gasteiger partial charge is 0.497 e. The molecular weight excluding hydrogens is 266 g/mol. The van der Waals surface area contributed by atoms with E-state index < -0.39 is 0 Å². The molecule has 1 amide bonds. The maximum absolute atomic E-state index is 12.7. The second-order valence-electron chi connectivity index (χ2n) is 5.31. The first-order chi connectivity index (χ1) is 10.2. The van der Waals surface area contributed by atoms with Gasteiger partial charge in [0.1, 0.15) is 11.4 Å². The molecule has 21 heavy (non-hydrogen) atoms. The highest BCUT2D eigenvalue weighted by Gasteiger charge is 2.28. The van der Waals surface area contributed by atoms with Gasteiger partial charge in [-0.2, -0.15) is 0 Å². The predicted molar refractivity (Wildman–Crippen MR) is 79.6 cm³/mol. The average molecular weight is 283 g/mol. The summed E-state index contributed by atoms with van der Waals surface area (Å²) in [4.78, 5) is 22.5. The van der Waals surface area contributed by atoms with Crippen LogP contribution in [-0.4, -0.2) is 29.5 Å². The van der Waals surface area contributed by atoms with Gasteiger partial charge in [-0.25, -0.2) is 4.98 Å². The average Bonchev–Trinajstić information content (AvgIpc) is 2.53. The van der Waals surface area contributed by atoms with Gasteiger partial charge >= 0.3 is 0 Å². The molecule has 0 fully saturated rings. The van der Waals surface area contributed by atoms with Crippen LogP contribution in [0.3, 0.4) is 0 Å². The molecule has 0 N–H and O–H groups in total. The second kappa shape index (κ2) is 5.52. The molecule has 0 saturated carbocycles. The maximum Gasteiger partial charge on any atom is 0.278 e. The summed E-state index contributed by atoms with van der Waals surface area (Å²) in [6, 6.07) is 5.82. The summed E-state index contributed by atoms with van der Waals surface area (Å²) in [5.41, 5.74) is 2.43. The number of fused-ring (bicyclic) bond motifs is 1. The minimum Gasteiger partial charge on any atom is -0.497 e. The first-order valence-electron chi connectivity index (χ1n) is 6.94. The third-order valence-corrected chi connectivity index (χ3v) is 3.67. The van der Waals surface area contributed by atoms with Gasteiger partial charge < -0.3 is 9.64 Å². The summed E-state index contributed by atoms with van der Waals surface area (Å²) in [5, 5.41) is 0. The summed E-state index contributed by atoms with van der Waals surface area (Å²) in [6.07, 6.45) is 5.55. The Balaban J connectivity index is 1.99. The Hall–Kier alpha value is -2.43. The smallest absolute Gasteiger partial charge is 0.278 e. The quantitative estimate of drug-likeness (QED) is 0.848. The van der Waals surface area contributed by atoms with E-state index in [-0.39, 0.29) is 5.91 Å². The number of hydrogen-bond acceptors (Lipinski definition) is 4. The molecule has 0 saturated heterocycles. The molecule has 0 bridgehead atoms. The van der Waals surface area contributed by atoms with Crippen molar-refractivity contribution < 1.29 is 9.53 Å². The summed E-state index contributed by atoms with van der Waals surface area (Å²) in [5.74, 6) is 1.10. The van der Waals surface area contributed by atoms with Crippen molar-refractivity contribution >= 4 is 11.6 Å². The molecule has 108 valence electrons. The number of carbonyl (C=O) groups excluding carboxylic acids is 1. The first kappa shape index (κ1) is 13.5. The standard InChI is InChI=1S/C16H17N3O2/c1-11-7-12-8-13(21-2)3-4-15(12)19(10-11)16(20)14-9-17-5-6-18-14/h3-6,8-9,11H,7,10H2,1-2H3. The molecular formula is C16H17N3O2. The van der Waals surface area contributed by atoms with E-state index in [1.165, 1.54) is 12.4 Å². The Morgan fingerprint density at radius 2 is 2.24 bits per heavy atom. The molecule has 1 aliphatic rings. The van der Waals surface area contributed by atoms with E-state index in [1.807, 2.05) is 18.2 Å². The Morgan fingerprint density at radius 3 is 2.95 bits per heavy atom. The number of methoxy groups -OCH3 is 1. The third kappa shape index (κ3) is 2.59. The van der Waals surface area contributed by atoms with E-state index in [0.717, 1.165) is 23.4 Å². The number of anilines is 1. The Bertz CT molecular complexity index is 658. The highest BCUT2D eigenvalue weighted by atomic mass is 16.5. The zero-order valence-corrected chi connectivity index (χ0v) is 12.1. The molecule has 3 rings (SSSR count). The molecule has 0 aliphatic carbocycles. The molecule has 1 unspecified atom stereocenters. The van der Waals surface area contributed by atoms with Crippen molar-refractivity contribution in [3.8, 4) is 5.75 Å². The van der Waals surface area contributed by atoms with Crippen LogP contribution < -0.4 is 9.64 Å². The molecule has 1 aromatic carbocycles. The zero-order valence-electron chi connectivity index (χ0n) is 12.1. The number of ether oxygens (including phenoxy) is 1. The molecule has 0 spiro atoms. The fraction of sp³-hybridized carbons (Fsp3) is 0.312. The number of amides is 1. The van der Waals surface area contributed by atoms with Crippen LogP contribution in [0.4, 0.5) is 5.69 Å². The van der Waals surface area contributed by atoms with Gasteiger partial charge in [-0.3, -0.25) is 9.78 Å². The van der Waals surface area contributed by atoms with Crippen molar-refractivity contribution in [2.45, 2.75) is 13.3 Å². The Morgan fingerprint density at radius 1 is 1.38 bits per heavy atom. The van der Waals surface area contributed by atoms with Gasteiger partial charge in [-0.1, -0.05) is 6.92 Å². The molecule has 1 aromatic heterocycles. The first-order valence-corrected chi connectivity index (χ1v) is 6.94. The summed E-state index contributed by atoms with van der Waals surface area (Å²) < 4.78 is 5.27. The molecule has 5 heteroatoms. The van der Waals surface area contributed by atoms with Gasteiger partial charge in [0.25, 0.3) is 5.91 Å². The fourth-order valence-electron chi connectivity index (χ4n) is 2.71. The normalized spacial score (nSPS) is 17.2. The Labute approximate surface area is 123 Å². The zero-order chi connectivity index (χ0) is 14.8. The van der Waals surface area contributed by atoms with E-state index in [4.69, 9.17) is 4.74 Å². The highest BCUT2D eigenvalue weighted by molar-refractivity contribution is 6.05. The van der Waals surface area contributed by atoms with E-state index in [9.17, 15) is 4.79 Å². The second-order valence-corrected chi connectivity index (χ2v) is 5.31. The van der Waals surface area contributed by atoms with Crippen molar-refractivity contribution in [2.24, 2.45) is 5.92 Å². The molecule has 1 atom stereocenters. The van der Waals surface area contributed by atoms with Crippen LogP contribution in [0.2, 0.25) is 0 Å². The predicted octanol–water partition coefficient (Wildman–Crippen LogP) is 2.32. The lowest BCUT2D eigenvalue weighted by molar-refractivity contribution is 0.0975. The van der Waals surface area contributed by atoms with Gasteiger partial charge in [-0.05, 0) is 36.1 Å². The van der Waals surface area contributed by atoms with Gasteiger partial charge in [0.2, 0.25) is 0 Å². The molecule has 1 aliphatic heterocycles. The minimum atomic E-state index is -0.110. The van der Waals surface area contributed by atoms with Gasteiger partial charge in [-0.15, -0.1) is 0 Å². The SMILES string of the molecule is COc1ccc2c(c1)CC(C)CN2C(=O)c1cnccn1. The number of aromatic nitrogens is 2. The van der Waals surface area contributed by atoms with Crippen molar-refractivity contribution in [1.29, 1.82) is 0 Å². The van der Waals surface area contributed by atoms with E-state index in [2.05, 4.69) is 16.9 Å². The lowest BCUT2D eigenvalue weighted by atomic mass is 9.93. The van der Waals surface area contributed by atoms with E-state index in [0.29, 0.717) is 18.2 Å². The van der Waals surface area contributed by atoms with Gasteiger partial charge in [0, 0.05) is 24.6 Å². The number of hydrogen-bond donors (Lipinski definition) is 0. The minimum absolute atomic E-state index is 0.110. The number of benzene rings is 1. The molecule has 2 heterocycles. The lowest BCUT2D eigenvalue weighted by Gasteiger charge is -2.33. The molecule has 5 nitrogen and oxygen atoms in total. The highest BCUT2D eigenvalue weighted by Crippen LogP contribution is 2.33. The summed E-state index contributed by atoms with van der Waals surface area (Å²) in [7, 11) is 1.65. The van der Waals surface area contributed by atoms with Gasteiger partial charge in [0.15, 0.2) is 0 Å². The van der Waals surface area contributed by atoms with Crippen LogP contribution in [0.15, 0.2) is 36.8 Å². The molecule has 0 radical (unpaired) electrons.